The molecule has 1 atom stereocenters. The number of fused-ring (bicyclic) bond motifs is 1. The molecule has 0 fully saturated rings. The predicted molar refractivity (Wildman–Crippen MR) is 80.9 cm³/mol. The SMILES string of the molecule is CN1CCc2ccccc2C(c2ccc(Cl)cc2)C1. The molecule has 98 valence electrons. The van der Waals surface area contributed by atoms with Crippen molar-refractivity contribution < 1.29 is 0 Å². The first-order valence-corrected chi connectivity index (χ1v) is 7.13. The van der Waals surface area contributed by atoms with Crippen LogP contribution in [-0.4, -0.2) is 25.0 Å². The van der Waals surface area contributed by atoms with Crippen molar-refractivity contribution in [1.82, 2.24) is 4.90 Å². The van der Waals surface area contributed by atoms with Crippen LogP contribution in [-0.2, 0) is 6.42 Å². The van der Waals surface area contributed by atoms with E-state index in [4.69, 9.17) is 11.6 Å². The smallest absolute Gasteiger partial charge is 0.0406 e. The lowest BCUT2D eigenvalue weighted by atomic mass is 9.88. The van der Waals surface area contributed by atoms with E-state index in [1.807, 2.05) is 12.1 Å². The fourth-order valence-corrected chi connectivity index (χ4v) is 3.02. The average molecular weight is 272 g/mol. The van der Waals surface area contributed by atoms with Gasteiger partial charge in [0.25, 0.3) is 0 Å². The maximum atomic E-state index is 6.00. The molecular weight excluding hydrogens is 254 g/mol. The van der Waals surface area contributed by atoms with E-state index in [0.717, 1.165) is 24.5 Å². The summed E-state index contributed by atoms with van der Waals surface area (Å²) >= 11 is 6.00. The van der Waals surface area contributed by atoms with Crippen molar-refractivity contribution in [3.05, 3.63) is 70.2 Å². The molecule has 0 amide bonds. The Labute approximate surface area is 119 Å². The Morgan fingerprint density at radius 3 is 2.58 bits per heavy atom. The van der Waals surface area contributed by atoms with E-state index < -0.39 is 0 Å². The highest BCUT2D eigenvalue weighted by molar-refractivity contribution is 6.30. The molecule has 0 aliphatic carbocycles. The zero-order valence-electron chi connectivity index (χ0n) is 11.1. The second-order valence-corrected chi connectivity index (χ2v) is 5.75. The van der Waals surface area contributed by atoms with E-state index >= 15 is 0 Å². The van der Waals surface area contributed by atoms with Crippen LogP contribution in [0, 0.1) is 0 Å². The van der Waals surface area contributed by atoms with E-state index in [1.54, 1.807) is 0 Å². The first kappa shape index (κ1) is 12.7. The molecule has 1 aliphatic heterocycles. The molecule has 3 rings (SSSR count). The van der Waals surface area contributed by atoms with Crippen molar-refractivity contribution in [1.29, 1.82) is 0 Å². The van der Waals surface area contributed by atoms with Gasteiger partial charge >= 0.3 is 0 Å². The Morgan fingerprint density at radius 2 is 1.79 bits per heavy atom. The number of rotatable bonds is 1. The maximum Gasteiger partial charge on any atom is 0.0406 e. The van der Waals surface area contributed by atoms with Crippen LogP contribution < -0.4 is 0 Å². The van der Waals surface area contributed by atoms with Crippen LogP contribution >= 0.6 is 11.6 Å². The van der Waals surface area contributed by atoms with Gasteiger partial charge in [-0.05, 0) is 42.3 Å². The van der Waals surface area contributed by atoms with Crippen LogP contribution in [0.5, 0.6) is 0 Å². The largest absolute Gasteiger partial charge is 0.305 e. The number of nitrogens with zero attached hydrogens (tertiary/aromatic N) is 1. The van der Waals surface area contributed by atoms with Gasteiger partial charge in [-0.2, -0.15) is 0 Å². The van der Waals surface area contributed by atoms with E-state index in [0.29, 0.717) is 5.92 Å². The third-order valence-electron chi connectivity index (χ3n) is 3.96. The lowest BCUT2D eigenvalue weighted by molar-refractivity contribution is 0.338. The van der Waals surface area contributed by atoms with Crippen molar-refractivity contribution in [2.24, 2.45) is 0 Å². The summed E-state index contributed by atoms with van der Waals surface area (Å²) in [5.41, 5.74) is 4.30. The molecule has 1 heterocycles. The predicted octanol–water partition coefficient (Wildman–Crippen LogP) is 3.96. The third-order valence-corrected chi connectivity index (χ3v) is 4.21. The quantitative estimate of drug-likeness (QED) is 0.759. The fraction of sp³-hybridized carbons (Fsp3) is 0.294. The molecule has 0 spiro atoms. The summed E-state index contributed by atoms with van der Waals surface area (Å²) in [6, 6.07) is 17.1. The van der Waals surface area contributed by atoms with Crippen molar-refractivity contribution in [3.8, 4) is 0 Å². The van der Waals surface area contributed by atoms with Gasteiger partial charge in [-0.3, -0.25) is 0 Å². The van der Waals surface area contributed by atoms with Gasteiger partial charge in [0.05, 0.1) is 0 Å². The van der Waals surface area contributed by atoms with Gasteiger partial charge in [-0.15, -0.1) is 0 Å². The van der Waals surface area contributed by atoms with Crippen LogP contribution in [0.3, 0.4) is 0 Å². The van der Waals surface area contributed by atoms with Crippen LogP contribution in [0.15, 0.2) is 48.5 Å². The molecule has 1 aliphatic rings. The summed E-state index contributed by atoms with van der Waals surface area (Å²) in [5, 5.41) is 0.805. The average Bonchev–Trinajstić information content (AvgIpc) is 2.60. The molecule has 2 heteroatoms. The molecule has 0 radical (unpaired) electrons. The van der Waals surface area contributed by atoms with E-state index in [2.05, 4.69) is 48.3 Å². The molecule has 1 nitrogen and oxygen atoms in total. The molecule has 0 saturated heterocycles. The van der Waals surface area contributed by atoms with Crippen molar-refractivity contribution in [3.63, 3.8) is 0 Å². The van der Waals surface area contributed by atoms with Crippen molar-refractivity contribution in [2.45, 2.75) is 12.3 Å². The second-order valence-electron chi connectivity index (χ2n) is 5.32. The molecule has 0 N–H and O–H groups in total. The molecule has 19 heavy (non-hydrogen) atoms. The molecule has 0 aromatic heterocycles. The Hall–Kier alpha value is -1.31. The lowest BCUT2D eigenvalue weighted by Gasteiger charge is -2.22. The maximum absolute atomic E-state index is 6.00. The topological polar surface area (TPSA) is 3.24 Å². The minimum atomic E-state index is 0.445. The van der Waals surface area contributed by atoms with Gasteiger partial charge in [-0.25, -0.2) is 0 Å². The monoisotopic (exact) mass is 271 g/mol. The first-order valence-electron chi connectivity index (χ1n) is 6.76. The van der Waals surface area contributed by atoms with Crippen LogP contribution in [0.25, 0.3) is 0 Å². The first-order chi connectivity index (χ1) is 9.24. The van der Waals surface area contributed by atoms with Gasteiger partial charge in [0.1, 0.15) is 0 Å². The van der Waals surface area contributed by atoms with Crippen molar-refractivity contribution >= 4 is 11.6 Å². The van der Waals surface area contributed by atoms with Crippen LogP contribution in [0.4, 0.5) is 0 Å². The minimum Gasteiger partial charge on any atom is -0.305 e. The van der Waals surface area contributed by atoms with Gasteiger partial charge < -0.3 is 4.90 Å². The molecule has 0 bridgehead atoms. The molecule has 2 aromatic carbocycles. The zero-order chi connectivity index (χ0) is 13.2. The highest BCUT2D eigenvalue weighted by Crippen LogP contribution is 2.31. The summed E-state index contributed by atoms with van der Waals surface area (Å²) in [5.74, 6) is 0.445. The molecule has 0 saturated carbocycles. The molecule has 2 aromatic rings. The van der Waals surface area contributed by atoms with Gasteiger partial charge in [-0.1, -0.05) is 48.0 Å². The van der Waals surface area contributed by atoms with Crippen molar-refractivity contribution in [2.75, 3.05) is 20.1 Å². The Bertz CT molecular complexity index is 562. The highest BCUT2D eigenvalue weighted by Gasteiger charge is 2.22. The van der Waals surface area contributed by atoms with E-state index in [9.17, 15) is 0 Å². The van der Waals surface area contributed by atoms with Crippen LogP contribution in [0.1, 0.15) is 22.6 Å². The lowest BCUT2D eigenvalue weighted by Crippen LogP contribution is -2.24. The number of hydrogen-bond acceptors (Lipinski definition) is 1. The minimum absolute atomic E-state index is 0.445. The van der Waals surface area contributed by atoms with Gasteiger partial charge in [0, 0.05) is 24.0 Å². The third kappa shape index (κ3) is 2.68. The normalized spacial score (nSPS) is 19.8. The number of likely N-dealkylation sites (N-methyl/N-ethyl adjacent to an activating group) is 1. The molecule has 1 unspecified atom stereocenters. The summed E-state index contributed by atoms with van der Waals surface area (Å²) in [7, 11) is 2.20. The summed E-state index contributed by atoms with van der Waals surface area (Å²) < 4.78 is 0. The summed E-state index contributed by atoms with van der Waals surface area (Å²) in [6.45, 7) is 2.19. The second kappa shape index (κ2) is 5.36. The van der Waals surface area contributed by atoms with Gasteiger partial charge in [0.2, 0.25) is 0 Å². The highest BCUT2D eigenvalue weighted by atomic mass is 35.5. The van der Waals surface area contributed by atoms with Gasteiger partial charge in [0.15, 0.2) is 0 Å². The standard InChI is InChI=1S/C17H18ClN/c1-19-11-10-13-4-2-3-5-16(13)17(12-19)14-6-8-15(18)9-7-14/h2-9,17H,10-12H2,1H3. The number of hydrogen-bond donors (Lipinski definition) is 0. The Balaban J connectivity index is 2.05. The number of halogens is 1. The fourth-order valence-electron chi connectivity index (χ4n) is 2.89. The Kier molecular flexibility index (Phi) is 3.58. The summed E-state index contributed by atoms with van der Waals surface area (Å²) in [4.78, 5) is 2.42. The summed E-state index contributed by atoms with van der Waals surface area (Å²) in [6.07, 6.45) is 1.14. The Morgan fingerprint density at radius 1 is 1.05 bits per heavy atom. The van der Waals surface area contributed by atoms with E-state index in [1.165, 1.54) is 16.7 Å². The van der Waals surface area contributed by atoms with E-state index in [-0.39, 0.29) is 0 Å². The van der Waals surface area contributed by atoms with Crippen LogP contribution in [0.2, 0.25) is 5.02 Å². The number of benzene rings is 2. The molecular formula is C17H18ClN. The zero-order valence-corrected chi connectivity index (χ0v) is 11.9.